The van der Waals surface area contributed by atoms with E-state index in [0.29, 0.717) is 0 Å². The monoisotopic (exact) mass is 259 g/mol. The summed E-state index contributed by atoms with van der Waals surface area (Å²) in [6, 6.07) is 5.98. The lowest BCUT2D eigenvalue weighted by Crippen LogP contribution is -2.23. The summed E-state index contributed by atoms with van der Waals surface area (Å²) in [6.45, 7) is 2.12. The molecule has 0 saturated carbocycles. The molecule has 0 amide bonds. The molecule has 1 aliphatic rings. The van der Waals surface area contributed by atoms with E-state index in [4.69, 9.17) is 5.73 Å². The molecule has 0 spiro atoms. The van der Waals surface area contributed by atoms with E-state index in [-0.39, 0.29) is 0 Å². The average Bonchev–Trinajstić information content (AvgIpc) is 2.67. The van der Waals surface area contributed by atoms with Gasteiger partial charge >= 0.3 is 0 Å². The summed E-state index contributed by atoms with van der Waals surface area (Å²) in [5.41, 5.74) is 10.5. The van der Waals surface area contributed by atoms with E-state index in [0.717, 1.165) is 30.7 Å². The van der Waals surface area contributed by atoms with E-state index >= 15 is 0 Å². The van der Waals surface area contributed by atoms with Crippen molar-refractivity contribution in [1.29, 1.82) is 0 Å². The maximum Gasteiger partial charge on any atom is 0.0596 e. The number of fused-ring (bicyclic) bond motifs is 1. The molecule has 0 radical (unpaired) electrons. The van der Waals surface area contributed by atoms with Crippen LogP contribution in [-0.4, -0.2) is 29.0 Å². The highest BCUT2D eigenvalue weighted by molar-refractivity contribution is 7.78. The molecule has 94 valence electrons. The number of nitrogens with two attached hydrogens (primary N) is 1. The molecule has 0 bridgehead atoms. The first-order valence-corrected chi connectivity index (χ1v) is 6.53. The van der Waals surface area contributed by atoms with Crippen LogP contribution in [0, 0.1) is 0 Å². The summed E-state index contributed by atoms with van der Waals surface area (Å²) in [7, 11) is 2.15. The lowest BCUT2D eigenvalue weighted by Gasteiger charge is -2.21. The van der Waals surface area contributed by atoms with Crippen molar-refractivity contribution in [2.75, 3.05) is 25.9 Å². The quantitative estimate of drug-likeness (QED) is 0.610. The Morgan fingerprint density at radius 2 is 2.17 bits per heavy atom. The molecule has 18 heavy (non-hydrogen) atoms. The van der Waals surface area contributed by atoms with Gasteiger partial charge in [0.25, 0.3) is 0 Å². The van der Waals surface area contributed by atoms with Gasteiger partial charge in [0.1, 0.15) is 0 Å². The minimum Gasteiger partial charge on any atom is -0.399 e. The van der Waals surface area contributed by atoms with Crippen molar-refractivity contribution in [2.24, 2.45) is 0 Å². The van der Waals surface area contributed by atoms with Crippen LogP contribution in [0.25, 0.3) is 16.5 Å². The molecule has 0 aliphatic carbocycles. The minimum absolute atomic E-state index is 0.803. The van der Waals surface area contributed by atoms with Crippen LogP contribution < -0.4 is 5.73 Å². The fourth-order valence-corrected chi connectivity index (χ4v) is 2.79. The molecular weight excluding hydrogens is 242 g/mol. The molecule has 3 rings (SSSR count). The number of likely N-dealkylation sites (N-methyl/N-ethyl adjacent to an activating group) is 1. The number of thiol groups is 1. The second kappa shape index (κ2) is 4.37. The molecule has 0 fully saturated rings. The number of hydrogen-bond donors (Lipinski definition) is 2. The van der Waals surface area contributed by atoms with Crippen LogP contribution in [0.5, 0.6) is 0 Å². The Bertz CT molecular complexity index is 627. The van der Waals surface area contributed by atoms with Gasteiger partial charge < -0.3 is 10.6 Å². The fraction of sp³-hybridized carbons (Fsp3) is 0.286. The Morgan fingerprint density at radius 1 is 1.33 bits per heavy atom. The molecule has 1 aliphatic heterocycles. The maximum absolute atomic E-state index is 5.89. The first-order chi connectivity index (χ1) is 8.65. The van der Waals surface area contributed by atoms with E-state index in [2.05, 4.69) is 37.0 Å². The summed E-state index contributed by atoms with van der Waals surface area (Å²) in [6.07, 6.45) is 5.47. The molecule has 1 aromatic heterocycles. The first-order valence-electron chi connectivity index (χ1n) is 6.13. The van der Waals surface area contributed by atoms with Gasteiger partial charge in [0, 0.05) is 35.9 Å². The van der Waals surface area contributed by atoms with Crippen LogP contribution in [0.2, 0.25) is 0 Å². The van der Waals surface area contributed by atoms with Gasteiger partial charge in [0.2, 0.25) is 0 Å². The second-order valence-electron chi connectivity index (χ2n) is 4.91. The Labute approximate surface area is 112 Å². The van der Waals surface area contributed by atoms with Crippen LogP contribution in [-0.2, 0) is 0 Å². The van der Waals surface area contributed by atoms with Crippen molar-refractivity contribution in [1.82, 2.24) is 8.87 Å². The normalized spacial score (nSPS) is 17.1. The Hall–Kier alpha value is -1.39. The number of rotatable bonds is 1. The highest BCUT2D eigenvalue weighted by Gasteiger charge is 2.14. The predicted molar refractivity (Wildman–Crippen MR) is 80.8 cm³/mol. The second-order valence-corrected chi connectivity index (χ2v) is 5.34. The minimum atomic E-state index is 0.803. The van der Waals surface area contributed by atoms with Gasteiger partial charge in [-0.15, -0.1) is 0 Å². The van der Waals surface area contributed by atoms with E-state index in [1.165, 1.54) is 16.5 Å². The van der Waals surface area contributed by atoms with Gasteiger partial charge in [-0.05, 0) is 37.2 Å². The van der Waals surface area contributed by atoms with Crippen molar-refractivity contribution in [3.63, 3.8) is 0 Å². The van der Waals surface area contributed by atoms with Gasteiger partial charge in [0.15, 0.2) is 0 Å². The SMILES string of the molecule is CN1CC=C(c2cn(S)c3ccc(N)cc23)CC1. The number of nitrogen functional groups attached to an aromatic ring is 1. The van der Waals surface area contributed by atoms with Crippen LogP contribution in [0.4, 0.5) is 5.69 Å². The summed E-state index contributed by atoms with van der Waals surface area (Å²) in [5, 5.41) is 1.20. The molecule has 4 heteroatoms. The summed E-state index contributed by atoms with van der Waals surface area (Å²) < 4.78 is 1.88. The van der Waals surface area contributed by atoms with Gasteiger partial charge in [-0.25, -0.2) is 0 Å². The Morgan fingerprint density at radius 3 is 2.89 bits per heavy atom. The largest absolute Gasteiger partial charge is 0.399 e. The Balaban J connectivity index is 2.14. The number of hydrogen-bond acceptors (Lipinski definition) is 3. The molecule has 2 N–H and O–H groups in total. The first kappa shape index (κ1) is 11.7. The zero-order valence-electron chi connectivity index (χ0n) is 10.4. The predicted octanol–water partition coefficient (Wildman–Crippen LogP) is 2.64. The highest BCUT2D eigenvalue weighted by Crippen LogP contribution is 2.32. The molecular formula is C14H17N3S. The molecule has 0 unspecified atom stereocenters. The molecule has 2 heterocycles. The topological polar surface area (TPSA) is 34.2 Å². The zero-order valence-corrected chi connectivity index (χ0v) is 11.3. The van der Waals surface area contributed by atoms with Crippen molar-refractivity contribution in [3.05, 3.63) is 36.0 Å². The molecule has 0 saturated heterocycles. The number of benzene rings is 1. The molecule has 0 atom stereocenters. The molecule has 2 aromatic rings. The fourth-order valence-electron chi connectivity index (χ4n) is 2.50. The lowest BCUT2D eigenvalue weighted by atomic mass is 9.99. The number of anilines is 1. The van der Waals surface area contributed by atoms with Crippen LogP contribution in [0.1, 0.15) is 12.0 Å². The Kier molecular flexibility index (Phi) is 2.84. The van der Waals surface area contributed by atoms with Crippen molar-refractivity contribution in [3.8, 4) is 0 Å². The van der Waals surface area contributed by atoms with E-state index < -0.39 is 0 Å². The van der Waals surface area contributed by atoms with E-state index in [9.17, 15) is 0 Å². The van der Waals surface area contributed by atoms with Gasteiger partial charge in [0.05, 0.1) is 5.52 Å². The number of aromatic nitrogens is 1. The van der Waals surface area contributed by atoms with Crippen molar-refractivity contribution in [2.45, 2.75) is 6.42 Å². The van der Waals surface area contributed by atoms with Crippen LogP contribution >= 0.6 is 12.8 Å². The summed E-state index contributed by atoms with van der Waals surface area (Å²) in [4.78, 5) is 2.32. The third kappa shape index (κ3) is 1.91. The molecule has 1 aromatic carbocycles. The third-order valence-corrected chi connectivity index (χ3v) is 3.90. The van der Waals surface area contributed by atoms with E-state index in [1.807, 2.05) is 22.2 Å². The summed E-state index contributed by atoms with van der Waals surface area (Å²) in [5.74, 6) is 0. The number of nitrogens with zero attached hydrogens (tertiary/aromatic N) is 2. The van der Waals surface area contributed by atoms with Gasteiger partial charge in [-0.2, -0.15) is 0 Å². The van der Waals surface area contributed by atoms with Gasteiger partial charge in [-0.1, -0.05) is 18.9 Å². The van der Waals surface area contributed by atoms with E-state index in [1.54, 1.807) is 0 Å². The van der Waals surface area contributed by atoms with Gasteiger partial charge in [-0.3, -0.25) is 3.97 Å². The third-order valence-electron chi connectivity index (χ3n) is 3.57. The van der Waals surface area contributed by atoms with Crippen molar-refractivity contribution < 1.29 is 0 Å². The highest BCUT2D eigenvalue weighted by atomic mass is 32.1. The lowest BCUT2D eigenvalue weighted by molar-refractivity contribution is 0.370. The smallest absolute Gasteiger partial charge is 0.0596 e. The maximum atomic E-state index is 5.89. The van der Waals surface area contributed by atoms with Crippen molar-refractivity contribution >= 4 is 35.0 Å². The average molecular weight is 259 g/mol. The summed E-state index contributed by atoms with van der Waals surface area (Å²) >= 11 is 4.48. The van der Waals surface area contributed by atoms with Crippen LogP contribution in [0.3, 0.4) is 0 Å². The van der Waals surface area contributed by atoms with Crippen LogP contribution in [0.15, 0.2) is 30.5 Å². The standard InChI is InChI=1S/C14H17N3S/c1-16-6-4-10(5-7-16)13-9-17(18)14-3-2-11(15)8-12(13)14/h2-4,8-9,18H,5-7,15H2,1H3. The molecule has 3 nitrogen and oxygen atoms in total. The zero-order chi connectivity index (χ0) is 12.7.